The molecule has 0 bridgehead atoms. The van der Waals surface area contributed by atoms with Gasteiger partial charge in [-0.1, -0.05) is 29.8 Å². The van der Waals surface area contributed by atoms with Crippen LogP contribution in [-0.4, -0.2) is 23.0 Å². The number of pyridine rings is 1. The van der Waals surface area contributed by atoms with Crippen LogP contribution in [-0.2, 0) is 13.0 Å². The summed E-state index contributed by atoms with van der Waals surface area (Å²) >= 11 is 0. The maximum atomic E-state index is 12.6. The topological polar surface area (TPSA) is 45.2 Å². The number of nitrogens with one attached hydrogen (secondary N) is 1. The number of carbonyl (C=O) groups excluding carboxylic acids is 1. The van der Waals surface area contributed by atoms with E-state index in [2.05, 4.69) is 35.4 Å². The van der Waals surface area contributed by atoms with Crippen LogP contribution in [0.5, 0.6) is 0 Å². The van der Waals surface area contributed by atoms with E-state index in [-0.39, 0.29) is 12.1 Å². The number of fused-ring (bicyclic) bond motifs is 1. The lowest BCUT2D eigenvalue weighted by Crippen LogP contribution is -2.40. The van der Waals surface area contributed by atoms with Crippen LogP contribution in [0.25, 0.3) is 0 Å². The van der Waals surface area contributed by atoms with Crippen LogP contribution in [0, 0.1) is 13.8 Å². The predicted molar refractivity (Wildman–Crippen MR) is 95.8 cm³/mol. The molecule has 0 unspecified atom stereocenters. The van der Waals surface area contributed by atoms with Gasteiger partial charge in [0.2, 0.25) is 0 Å². The van der Waals surface area contributed by atoms with E-state index >= 15 is 0 Å². The maximum absolute atomic E-state index is 12.6. The van der Waals surface area contributed by atoms with Gasteiger partial charge in [0.25, 0.3) is 0 Å². The van der Waals surface area contributed by atoms with Crippen molar-refractivity contribution in [1.82, 2.24) is 15.2 Å². The van der Waals surface area contributed by atoms with Gasteiger partial charge in [-0.25, -0.2) is 4.79 Å². The molecule has 0 radical (unpaired) electrons. The highest BCUT2D eigenvalue weighted by Gasteiger charge is 2.23. The standard InChI is InChI=1S/C20H25N3O/c1-14-7-9-16-5-4-6-19(18(16)11-14)22-20(24)23(3)13-17-10-8-15(2)12-21-17/h7-12,19H,4-6,13H2,1-3H3,(H,22,24)/t19-/m1/s1. The molecule has 0 aliphatic heterocycles. The van der Waals surface area contributed by atoms with E-state index in [9.17, 15) is 4.79 Å². The summed E-state index contributed by atoms with van der Waals surface area (Å²) in [7, 11) is 1.82. The number of urea groups is 1. The lowest BCUT2D eigenvalue weighted by atomic mass is 9.87. The zero-order valence-corrected chi connectivity index (χ0v) is 14.7. The first-order valence-corrected chi connectivity index (χ1v) is 8.55. The molecule has 126 valence electrons. The summed E-state index contributed by atoms with van der Waals surface area (Å²) in [6.45, 7) is 4.62. The highest BCUT2D eigenvalue weighted by Crippen LogP contribution is 2.30. The van der Waals surface area contributed by atoms with Crippen molar-refractivity contribution in [3.63, 3.8) is 0 Å². The molecule has 0 spiro atoms. The van der Waals surface area contributed by atoms with Crippen LogP contribution >= 0.6 is 0 Å². The monoisotopic (exact) mass is 323 g/mol. The van der Waals surface area contributed by atoms with Gasteiger partial charge < -0.3 is 10.2 Å². The average Bonchev–Trinajstić information content (AvgIpc) is 2.57. The Morgan fingerprint density at radius 2 is 2.04 bits per heavy atom. The second-order valence-electron chi connectivity index (χ2n) is 6.78. The maximum Gasteiger partial charge on any atom is 0.317 e. The zero-order valence-electron chi connectivity index (χ0n) is 14.7. The van der Waals surface area contributed by atoms with Gasteiger partial charge in [-0.3, -0.25) is 4.98 Å². The minimum absolute atomic E-state index is 0.0447. The fraction of sp³-hybridized carbons (Fsp3) is 0.400. The highest BCUT2D eigenvalue weighted by atomic mass is 16.2. The Labute approximate surface area is 143 Å². The Kier molecular flexibility index (Phi) is 4.84. The second kappa shape index (κ2) is 7.04. The van der Waals surface area contributed by atoms with Gasteiger partial charge in [-0.05, 0) is 55.9 Å². The van der Waals surface area contributed by atoms with Gasteiger partial charge in [0.05, 0.1) is 18.3 Å². The third-order valence-corrected chi connectivity index (χ3v) is 4.63. The number of nitrogens with zero attached hydrogens (tertiary/aromatic N) is 2. The van der Waals surface area contributed by atoms with E-state index in [1.807, 2.05) is 32.3 Å². The molecule has 1 aromatic heterocycles. The zero-order chi connectivity index (χ0) is 17.1. The fourth-order valence-corrected chi connectivity index (χ4v) is 3.23. The van der Waals surface area contributed by atoms with E-state index in [1.54, 1.807) is 4.90 Å². The van der Waals surface area contributed by atoms with Crippen molar-refractivity contribution in [2.24, 2.45) is 0 Å². The summed E-state index contributed by atoms with van der Waals surface area (Å²) in [5, 5.41) is 3.19. The summed E-state index contributed by atoms with van der Waals surface area (Å²) in [6, 6.07) is 10.6. The lowest BCUT2D eigenvalue weighted by Gasteiger charge is -2.29. The lowest BCUT2D eigenvalue weighted by molar-refractivity contribution is 0.200. The Morgan fingerprint density at radius 3 is 2.79 bits per heavy atom. The third-order valence-electron chi connectivity index (χ3n) is 4.63. The Morgan fingerprint density at radius 1 is 1.25 bits per heavy atom. The number of hydrogen-bond donors (Lipinski definition) is 1. The van der Waals surface area contributed by atoms with Crippen molar-refractivity contribution >= 4 is 6.03 Å². The summed E-state index contributed by atoms with van der Waals surface area (Å²) in [6.07, 6.45) is 5.05. The van der Waals surface area contributed by atoms with Crippen LogP contribution < -0.4 is 5.32 Å². The summed E-state index contributed by atoms with van der Waals surface area (Å²) in [5.74, 6) is 0. The van der Waals surface area contributed by atoms with Crippen LogP contribution in [0.4, 0.5) is 4.79 Å². The predicted octanol–water partition coefficient (Wildman–Crippen LogP) is 3.92. The molecule has 1 heterocycles. The van der Waals surface area contributed by atoms with Crippen molar-refractivity contribution in [1.29, 1.82) is 0 Å². The first kappa shape index (κ1) is 16.5. The first-order valence-electron chi connectivity index (χ1n) is 8.55. The number of hydrogen-bond acceptors (Lipinski definition) is 2. The summed E-state index contributed by atoms with van der Waals surface area (Å²) < 4.78 is 0. The van der Waals surface area contributed by atoms with Crippen LogP contribution in [0.2, 0.25) is 0 Å². The van der Waals surface area contributed by atoms with Crippen molar-refractivity contribution in [3.8, 4) is 0 Å². The molecule has 2 amide bonds. The van der Waals surface area contributed by atoms with Crippen molar-refractivity contribution in [2.75, 3.05) is 7.05 Å². The minimum atomic E-state index is -0.0447. The van der Waals surface area contributed by atoms with E-state index in [1.165, 1.54) is 16.7 Å². The van der Waals surface area contributed by atoms with Gasteiger partial charge in [0.1, 0.15) is 0 Å². The third kappa shape index (κ3) is 3.75. The quantitative estimate of drug-likeness (QED) is 0.930. The molecule has 1 N–H and O–H groups in total. The van der Waals surface area contributed by atoms with Crippen molar-refractivity contribution < 1.29 is 4.79 Å². The number of carbonyl (C=O) groups is 1. The van der Waals surface area contributed by atoms with E-state index in [0.717, 1.165) is 30.5 Å². The molecule has 2 aromatic rings. The summed E-state index contributed by atoms with van der Waals surface area (Å²) in [5.41, 5.74) is 5.90. The van der Waals surface area contributed by atoms with Gasteiger partial charge in [0, 0.05) is 13.2 Å². The van der Waals surface area contributed by atoms with E-state index in [4.69, 9.17) is 0 Å². The number of aryl methyl sites for hydroxylation is 3. The van der Waals surface area contributed by atoms with Crippen molar-refractivity contribution in [2.45, 2.75) is 45.7 Å². The average molecular weight is 323 g/mol. The molecule has 1 aliphatic rings. The Balaban J connectivity index is 1.67. The molecule has 3 rings (SSSR count). The molecule has 0 saturated carbocycles. The minimum Gasteiger partial charge on any atom is -0.331 e. The number of amides is 2. The van der Waals surface area contributed by atoms with Crippen LogP contribution in [0.1, 0.15) is 46.8 Å². The SMILES string of the molecule is Cc1ccc(CN(C)C(=O)N[C@@H]2CCCc3ccc(C)cc32)nc1. The van der Waals surface area contributed by atoms with Crippen LogP contribution in [0.15, 0.2) is 36.5 Å². The van der Waals surface area contributed by atoms with Gasteiger partial charge in [-0.15, -0.1) is 0 Å². The largest absolute Gasteiger partial charge is 0.331 e. The van der Waals surface area contributed by atoms with Crippen LogP contribution in [0.3, 0.4) is 0 Å². The Hall–Kier alpha value is -2.36. The molecule has 1 atom stereocenters. The number of rotatable bonds is 3. The second-order valence-corrected chi connectivity index (χ2v) is 6.78. The molecule has 1 aliphatic carbocycles. The smallest absolute Gasteiger partial charge is 0.317 e. The number of aromatic nitrogens is 1. The van der Waals surface area contributed by atoms with Gasteiger partial charge in [-0.2, -0.15) is 0 Å². The molecule has 0 fully saturated rings. The van der Waals surface area contributed by atoms with E-state index in [0.29, 0.717) is 6.54 Å². The molecule has 4 heteroatoms. The highest BCUT2D eigenvalue weighted by molar-refractivity contribution is 5.74. The molecular weight excluding hydrogens is 298 g/mol. The normalized spacial score (nSPS) is 16.4. The van der Waals surface area contributed by atoms with Gasteiger partial charge in [0.15, 0.2) is 0 Å². The van der Waals surface area contributed by atoms with E-state index < -0.39 is 0 Å². The number of benzene rings is 1. The first-order chi connectivity index (χ1) is 11.5. The molecule has 4 nitrogen and oxygen atoms in total. The molecule has 0 saturated heterocycles. The molecular formula is C20H25N3O. The summed E-state index contributed by atoms with van der Waals surface area (Å²) in [4.78, 5) is 18.6. The molecule has 24 heavy (non-hydrogen) atoms. The van der Waals surface area contributed by atoms with Gasteiger partial charge >= 0.3 is 6.03 Å². The van der Waals surface area contributed by atoms with Crippen molar-refractivity contribution in [3.05, 3.63) is 64.5 Å². The fourth-order valence-electron chi connectivity index (χ4n) is 3.23. The molecule has 1 aromatic carbocycles. The Bertz CT molecular complexity index is 724.